The highest BCUT2D eigenvalue weighted by molar-refractivity contribution is 5.79. The van der Waals surface area contributed by atoms with E-state index in [2.05, 4.69) is 0 Å². The Bertz CT molecular complexity index is 188. The van der Waals surface area contributed by atoms with Crippen molar-refractivity contribution < 1.29 is 19.4 Å². The lowest BCUT2D eigenvalue weighted by atomic mass is 10.1. The van der Waals surface area contributed by atoms with E-state index in [9.17, 15) is 4.79 Å². The summed E-state index contributed by atoms with van der Waals surface area (Å²) in [7, 11) is 0. The maximum absolute atomic E-state index is 10.8. The second-order valence-electron chi connectivity index (χ2n) is 3.69. The first-order valence-electron chi connectivity index (χ1n) is 4.48. The number of hydrogen-bond acceptors (Lipinski definition) is 4. The number of rotatable bonds is 4. The van der Waals surface area contributed by atoms with E-state index >= 15 is 0 Å². The molecule has 13 heavy (non-hydrogen) atoms. The van der Waals surface area contributed by atoms with Gasteiger partial charge in [0, 0.05) is 6.42 Å². The number of hydrogen-bond donors (Lipinski definition) is 1. The summed E-state index contributed by atoms with van der Waals surface area (Å²) in [6.45, 7) is 3.85. The molecule has 4 heteroatoms. The molecule has 0 amide bonds. The van der Waals surface area contributed by atoms with Crippen LogP contribution in [-0.2, 0) is 14.3 Å². The minimum atomic E-state index is -0.521. The van der Waals surface area contributed by atoms with Crippen molar-refractivity contribution in [2.75, 3.05) is 13.2 Å². The molecule has 0 unspecified atom stereocenters. The lowest BCUT2D eigenvalue weighted by Gasteiger charge is -2.16. The Morgan fingerprint density at radius 3 is 2.77 bits per heavy atom. The zero-order valence-corrected chi connectivity index (χ0v) is 8.08. The Hall–Kier alpha value is -0.450. The summed E-state index contributed by atoms with van der Waals surface area (Å²) in [5.74, 6) is -0.666. The molecule has 0 aromatic carbocycles. The minimum absolute atomic E-state index is 0.00880. The molecule has 1 N–H and O–H groups in total. The third-order valence-corrected chi connectivity index (χ3v) is 1.99. The second kappa shape index (κ2) is 4.17. The van der Waals surface area contributed by atoms with Crippen molar-refractivity contribution in [1.29, 1.82) is 0 Å². The van der Waals surface area contributed by atoms with E-state index in [1.807, 2.05) is 13.8 Å². The standard InChI is InChI=1S/C9H16O4/c1-9(2)12-6-8(13-9)4-3-7(11)5-10/h8,10H,3-6H2,1-2H3/t8-/m0/s1. The molecule has 0 saturated carbocycles. The first-order chi connectivity index (χ1) is 6.03. The first-order valence-corrected chi connectivity index (χ1v) is 4.48. The SMILES string of the molecule is CC1(C)OC[C@H](CCC(=O)CO)O1. The van der Waals surface area contributed by atoms with Crippen molar-refractivity contribution in [2.24, 2.45) is 0 Å². The summed E-state index contributed by atoms with van der Waals surface area (Å²) >= 11 is 0. The van der Waals surface area contributed by atoms with Gasteiger partial charge in [0.05, 0.1) is 12.7 Å². The van der Waals surface area contributed by atoms with E-state index in [1.54, 1.807) is 0 Å². The number of carbonyl (C=O) groups is 1. The van der Waals surface area contributed by atoms with Crippen LogP contribution in [0.4, 0.5) is 0 Å². The van der Waals surface area contributed by atoms with Crippen LogP contribution in [-0.4, -0.2) is 36.0 Å². The van der Waals surface area contributed by atoms with Gasteiger partial charge >= 0.3 is 0 Å². The Kier molecular flexibility index (Phi) is 3.41. The van der Waals surface area contributed by atoms with Crippen molar-refractivity contribution in [1.82, 2.24) is 0 Å². The smallest absolute Gasteiger partial charge is 0.163 e. The maximum Gasteiger partial charge on any atom is 0.163 e. The molecule has 1 saturated heterocycles. The number of ketones is 1. The molecular weight excluding hydrogens is 172 g/mol. The van der Waals surface area contributed by atoms with Gasteiger partial charge < -0.3 is 14.6 Å². The Morgan fingerprint density at radius 1 is 1.62 bits per heavy atom. The van der Waals surface area contributed by atoms with Crippen LogP contribution in [0.1, 0.15) is 26.7 Å². The second-order valence-corrected chi connectivity index (χ2v) is 3.69. The van der Waals surface area contributed by atoms with Gasteiger partial charge in [0.25, 0.3) is 0 Å². The fraction of sp³-hybridized carbons (Fsp3) is 0.889. The molecule has 1 atom stereocenters. The van der Waals surface area contributed by atoms with Gasteiger partial charge in [-0.1, -0.05) is 0 Å². The zero-order valence-electron chi connectivity index (χ0n) is 8.08. The lowest BCUT2D eigenvalue weighted by Crippen LogP contribution is -2.22. The van der Waals surface area contributed by atoms with Crippen LogP contribution in [0.5, 0.6) is 0 Å². The lowest BCUT2D eigenvalue weighted by molar-refractivity contribution is -0.140. The fourth-order valence-electron chi connectivity index (χ4n) is 1.31. The third kappa shape index (κ3) is 3.42. The molecular formula is C9H16O4. The summed E-state index contributed by atoms with van der Waals surface area (Å²) in [6.07, 6.45) is 0.981. The number of Topliss-reactive ketones (excluding diaryl/α,β-unsaturated/α-hetero) is 1. The van der Waals surface area contributed by atoms with Crippen molar-refractivity contribution >= 4 is 5.78 Å². The average molecular weight is 188 g/mol. The van der Waals surface area contributed by atoms with Gasteiger partial charge in [-0.25, -0.2) is 0 Å². The van der Waals surface area contributed by atoms with Crippen LogP contribution in [0.2, 0.25) is 0 Å². The van der Waals surface area contributed by atoms with Crippen LogP contribution >= 0.6 is 0 Å². The summed E-state index contributed by atoms with van der Waals surface area (Å²) in [5, 5.41) is 8.49. The van der Waals surface area contributed by atoms with Crippen molar-refractivity contribution in [2.45, 2.75) is 38.6 Å². The van der Waals surface area contributed by atoms with Crippen LogP contribution in [0.3, 0.4) is 0 Å². The Labute approximate surface area is 77.8 Å². The van der Waals surface area contributed by atoms with Crippen LogP contribution in [0, 0.1) is 0 Å². The topological polar surface area (TPSA) is 55.8 Å². The van der Waals surface area contributed by atoms with Gasteiger partial charge in [-0.2, -0.15) is 0 Å². The van der Waals surface area contributed by atoms with E-state index < -0.39 is 5.79 Å². The molecule has 0 bridgehead atoms. The van der Waals surface area contributed by atoms with Crippen LogP contribution in [0.15, 0.2) is 0 Å². The molecule has 1 aliphatic heterocycles. The highest BCUT2D eigenvalue weighted by Gasteiger charge is 2.32. The first kappa shape index (κ1) is 10.6. The molecule has 1 heterocycles. The Morgan fingerprint density at radius 2 is 2.31 bits per heavy atom. The predicted molar refractivity (Wildman–Crippen MR) is 46.2 cm³/mol. The van der Waals surface area contributed by atoms with Gasteiger partial charge in [-0.3, -0.25) is 4.79 Å². The Balaban J connectivity index is 2.21. The van der Waals surface area contributed by atoms with E-state index in [-0.39, 0.29) is 18.5 Å². The quantitative estimate of drug-likeness (QED) is 0.697. The third-order valence-electron chi connectivity index (χ3n) is 1.99. The molecule has 4 nitrogen and oxygen atoms in total. The molecule has 1 fully saturated rings. The average Bonchev–Trinajstić information content (AvgIpc) is 2.41. The molecule has 0 aliphatic carbocycles. The molecule has 1 rings (SSSR count). The van der Waals surface area contributed by atoms with E-state index in [0.29, 0.717) is 19.4 Å². The zero-order chi connectivity index (χ0) is 9.90. The largest absolute Gasteiger partial charge is 0.389 e. The summed E-state index contributed by atoms with van der Waals surface area (Å²) in [4.78, 5) is 10.8. The molecule has 0 radical (unpaired) electrons. The van der Waals surface area contributed by atoms with Crippen molar-refractivity contribution in [3.05, 3.63) is 0 Å². The van der Waals surface area contributed by atoms with Gasteiger partial charge in [0.15, 0.2) is 11.6 Å². The number of aliphatic hydroxyl groups excluding tert-OH is 1. The summed E-state index contributed by atoms with van der Waals surface area (Å²) in [5.41, 5.74) is 0. The predicted octanol–water partition coefficient (Wildman–Crippen LogP) is 0.480. The van der Waals surface area contributed by atoms with E-state index in [4.69, 9.17) is 14.6 Å². The maximum atomic E-state index is 10.8. The van der Waals surface area contributed by atoms with Gasteiger partial charge in [-0.05, 0) is 20.3 Å². The fourth-order valence-corrected chi connectivity index (χ4v) is 1.31. The minimum Gasteiger partial charge on any atom is -0.389 e. The molecule has 1 aliphatic rings. The molecule has 0 aromatic heterocycles. The van der Waals surface area contributed by atoms with Crippen molar-refractivity contribution in [3.63, 3.8) is 0 Å². The highest BCUT2D eigenvalue weighted by atomic mass is 16.7. The number of carbonyl (C=O) groups excluding carboxylic acids is 1. The highest BCUT2D eigenvalue weighted by Crippen LogP contribution is 2.24. The van der Waals surface area contributed by atoms with Gasteiger partial charge in [-0.15, -0.1) is 0 Å². The van der Waals surface area contributed by atoms with Crippen molar-refractivity contribution in [3.8, 4) is 0 Å². The number of ether oxygens (including phenoxy) is 2. The monoisotopic (exact) mass is 188 g/mol. The van der Waals surface area contributed by atoms with Gasteiger partial charge in [0.2, 0.25) is 0 Å². The molecule has 0 spiro atoms. The normalized spacial score (nSPS) is 26.2. The van der Waals surface area contributed by atoms with Crippen LogP contribution < -0.4 is 0 Å². The molecule has 76 valence electrons. The summed E-state index contributed by atoms with van der Waals surface area (Å²) in [6, 6.07) is 0. The number of aliphatic hydroxyl groups is 1. The van der Waals surface area contributed by atoms with Gasteiger partial charge in [0.1, 0.15) is 6.61 Å². The summed E-state index contributed by atoms with van der Waals surface area (Å²) < 4.78 is 10.8. The van der Waals surface area contributed by atoms with Crippen LogP contribution in [0.25, 0.3) is 0 Å². The van der Waals surface area contributed by atoms with E-state index in [0.717, 1.165) is 0 Å². The van der Waals surface area contributed by atoms with E-state index in [1.165, 1.54) is 0 Å². The molecule has 0 aromatic rings.